The van der Waals surface area contributed by atoms with Crippen LogP contribution in [-0.4, -0.2) is 44.2 Å². The van der Waals surface area contributed by atoms with E-state index in [1.54, 1.807) is 13.4 Å². The second-order valence-corrected chi connectivity index (χ2v) is 8.58. The molecule has 0 aliphatic carbocycles. The van der Waals surface area contributed by atoms with E-state index in [1.165, 1.54) is 0 Å². The summed E-state index contributed by atoms with van der Waals surface area (Å²) in [4.78, 5) is 15.4. The Morgan fingerprint density at radius 3 is 2.42 bits per heavy atom. The Hall–Kier alpha value is -2.96. The molecule has 1 amide bonds. The normalized spacial score (nSPS) is 15.7. The van der Waals surface area contributed by atoms with E-state index in [-0.39, 0.29) is 17.9 Å². The number of furan rings is 1. The van der Waals surface area contributed by atoms with E-state index in [0.717, 1.165) is 49.5 Å². The standard InChI is InChI=1S/C26H29ClN2O4/c1-31-22-8-4-19(5-9-22)25(24-3-2-17-33-24)28-26(30)20-12-14-29(15-13-20)16-18-32-23-10-6-21(27)7-11-23/h2-11,17,20,25H,12-16,18H2,1H3,(H,28,30). The van der Waals surface area contributed by atoms with Gasteiger partial charge in [-0.25, -0.2) is 0 Å². The van der Waals surface area contributed by atoms with E-state index in [0.29, 0.717) is 17.4 Å². The van der Waals surface area contributed by atoms with Crippen molar-refractivity contribution in [3.8, 4) is 11.5 Å². The summed E-state index contributed by atoms with van der Waals surface area (Å²) in [6.45, 7) is 3.18. The lowest BCUT2D eigenvalue weighted by molar-refractivity contribution is -0.127. The molecular weight excluding hydrogens is 440 g/mol. The molecule has 7 heteroatoms. The van der Waals surface area contributed by atoms with Crippen LogP contribution in [0, 0.1) is 5.92 Å². The van der Waals surface area contributed by atoms with Crippen molar-refractivity contribution in [3.05, 3.63) is 83.3 Å². The number of carbonyl (C=O) groups is 1. The Kier molecular flexibility index (Phi) is 7.92. The molecule has 6 nitrogen and oxygen atoms in total. The summed E-state index contributed by atoms with van der Waals surface area (Å²) in [5.74, 6) is 2.34. The lowest BCUT2D eigenvalue weighted by atomic mass is 9.94. The van der Waals surface area contributed by atoms with Crippen LogP contribution in [0.1, 0.15) is 30.2 Å². The number of hydrogen-bond acceptors (Lipinski definition) is 5. The second-order valence-electron chi connectivity index (χ2n) is 8.15. The van der Waals surface area contributed by atoms with E-state index in [2.05, 4.69) is 10.2 Å². The fourth-order valence-electron chi connectivity index (χ4n) is 4.07. The maximum Gasteiger partial charge on any atom is 0.224 e. The van der Waals surface area contributed by atoms with Crippen LogP contribution in [0.5, 0.6) is 11.5 Å². The fourth-order valence-corrected chi connectivity index (χ4v) is 4.20. The minimum atomic E-state index is -0.329. The van der Waals surface area contributed by atoms with Crippen molar-refractivity contribution in [3.63, 3.8) is 0 Å². The molecule has 0 radical (unpaired) electrons. The summed E-state index contributed by atoms with van der Waals surface area (Å²) in [6.07, 6.45) is 3.27. The predicted octanol–water partition coefficient (Wildman–Crippen LogP) is 4.94. The number of hydrogen-bond donors (Lipinski definition) is 1. The van der Waals surface area contributed by atoms with Gasteiger partial charge in [0, 0.05) is 17.5 Å². The van der Waals surface area contributed by atoms with Gasteiger partial charge in [-0.15, -0.1) is 0 Å². The van der Waals surface area contributed by atoms with Crippen LogP contribution in [0.3, 0.4) is 0 Å². The first-order valence-electron chi connectivity index (χ1n) is 11.2. The maximum atomic E-state index is 13.1. The molecule has 2 aromatic carbocycles. The minimum absolute atomic E-state index is 0.0193. The molecule has 1 saturated heterocycles. The number of amides is 1. The average molecular weight is 469 g/mol. The third-order valence-corrected chi connectivity index (χ3v) is 6.26. The van der Waals surface area contributed by atoms with E-state index in [9.17, 15) is 4.79 Å². The highest BCUT2D eigenvalue weighted by molar-refractivity contribution is 6.30. The quantitative estimate of drug-likeness (QED) is 0.482. The van der Waals surface area contributed by atoms with Gasteiger partial charge in [0.05, 0.1) is 13.4 Å². The molecule has 1 aromatic heterocycles. The zero-order valence-electron chi connectivity index (χ0n) is 18.7. The maximum absolute atomic E-state index is 13.1. The van der Waals surface area contributed by atoms with Gasteiger partial charge < -0.3 is 19.2 Å². The number of carbonyl (C=O) groups excluding carboxylic acids is 1. The van der Waals surface area contributed by atoms with E-state index in [1.807, 2.05) is 60.7 Å². The number of nitrogens with zero attached hydrogens (tertiary/aromatic N) is 1. The molecule has 1 aliphatic heterocycles. The van der Waals surface area contributed by atoms with Crippen molar-refractivity contribution in [1.82, 2.24) is 10.2 Å². The number of piperidine rings is 1. The zero-order valence-corrected chi connectivity index (χ0v) is 19.5. The van der Waals surface area contributed by atoms with Gasteiger partial charge in [0.2, 0.25) is 5.91 Å². The average Bonchev–Trinajstić information content (AvgIpc) is 3.39. The van der Waals surface area contributed by atoms with Gasteiger partial charge >= 0.3 is 0 Å². The Morgan fingerprint density at radius 1 is 1.09 bits per heavy atom. The zero-order chi connectivity index (χ0) is 23.0. The van der Waals surface area contributed by atoms with Gasteiger partial charge in [0.1, 0.15) is 29.9 Å². The highest BCUT2D eigenvalue weighted by Crippen LogP contribution is 2.26. The molecule has 1 unspecified atom stereocenters. The summed E-state index contributed by atoms with van der Waals surface area (Å²) in [7, 11) is 1.64. The van der Waals surface area contributed by atoms with Crippen molar-refractivity contribution in [2.45, 2.75) is 18.9 Å². The molecule has 174 valence electrons. The minimum Gasteiger partial charge on any atom is -0.497 e. The second kappa shape index (κ2) is 11.3. The molecule has 2 heterocycles. The van der Waals surface area contributed by atoms with E-state index >= 15 is 0 Å². The highest BCUT2D eigenvalue weighted by Gasteiger charge is 2.28. The Morgan fingerprint density at radius 2 is 1.79 bits per heavy atom. The number of methoxy groups -OCH3 is 1. The SMILES string of the molecule is COc1ccc(C(NC(=O)C2CCN(CCOc3ccc(Cl)cc3)CC2)c2ccco2)cc1. The highest BCUT2D eigenvalue weighted by atomic mass is 35.5. The first-order valence-corrected chi connectivity index (χ1v) is 11.6. The van der Waals surface area contributed by atoms with Crippen LogP contribution >= 0.6 is 11.6 Å². The first-order chi connectivity index (χ1) is 16.1. The van der Waals surface area contributed by atoms with Gasteiger partial charge in [-0.3, -0.25) is 9.69 Å². The third kappa shape index (κ3) is 6.30. The summed E-state index contributed by atoms with van der Waals surface area (Å²) >= 11 is 5.91. The van der Waals surface area contributed by atoms with Crippen molar-refractivity contribution in [1.29, 1.82) is 0 Å². The molecule has 1 N–H and O–H groups in total. The fraction of sp³-hybridized carbons (Fsp3) is 0.346. The van der Waals surface area contributed by atoms with Crippen LogP contribution in [0.2, 0.25) is 5.02 Å². The number of benzene rings is 2. The first kappa shape index (κ1) is 23.2. The lowest BCUT2D eigenvalue weighted by Gasteiger charge is -2.32. The summed E-state index contributed by atoms with van der Waals surface area (Å²) in [5, 5.41) is 3.90. The number of nitrogens with one attached hydrogen (secondary N) is 1. The number of ether oxygens (including phenoxy) is 2. The van der Waals surface area contributed by atoms with Crippen LogP contribution in [-0.2, 0) is 4.79 Å². The summed E-state index contributed by atoms with van der Waals surface area (Å²) in [6, 6.07) is 18.5. The summed E-state index contributed by atoms with van der Waals surface area (Å²) in [5.41, 5.74) is 0.955. The Bertz CT molecular complexity index is 998. The topological polar surface area (TPSA) is 63.9 Å². The Labute approximate surface area is 199 Å². The van der Waals surface area contributed by atoms with Crippen molar-refractivity contribution < 1.29 is 18.7 Å². The van der Waals surface area contributed by atoms with Crippen LogP contribution in [0.25, 0.3) is 0 Å². The smallest absolute Gasteiger partial charge is 0.224 e. The van der Waals surface area contributed by atoms with Crippen molar-refractivity contribution >= 4 is 17.5 Å². The molecule has 0 bridgehead atoms. The molecule has 1 fully saturated rings. The molecule has 4 rings (SSSR count). The number of halogens is 1. The van der Waals surface area contributed by atoms with Gasteiger partial charge in [0.15, 0.2) is 0 Å². The molecule has 0 saturated carbocycles. The van der Waals surface area contributed by atoms with Gasteiger partial charge in [0.25, 0.3) is 0 Å². The van der Waals surface area contributed by atoms with Crippen LogP contribution in [0.4, 0.5) is 0 Å². The summed E-state index contributed by atoms with van der Waals surface area (Å²) < 4.78 is 16.7. The van der Waals surface area contributed by atoms with Gasteiger partial charge in [-0.2, -0.15) is 0 Å². The molecule has 0 spiro atoms. The number of rotatable bonds is 9. The molecule has 3 aromatic rings. The third-order valence-electron chi connectivity index (χ3n) is 6.01. The Balaban J connectivity index is 1.28. The predicted molar refractivity (Wildman–Crippen MR) is 128 cm³/mol. The van der Waals surface area contributed by atoms with Crippen LogP contribution in [0.15, 0.2) is 71.3 Å². The van der Waals surface area contributed by atoms with Crippen molar-refractivity contribution in [2.24, 2.45) is 5.92 Å². The van der Waals surface area contributed by atoms with Crippen molar-refractivity contribution in [2.75, 3.05) is 33.4 Å². The monoisotopic (exact) mass is 468 g/mol. The van der Waals surface area contributed by atoms with E-state index < -0.39 is 0 Å². The van der Waals surface area contributed by atoms with Gasteiger partial charge in [-0.05, 0) is 80.0 Å². The lowest BCUT2D eigenvalue weighted by Crippen LogP contribution is -2.42. The molecule has 1 aliphatic rings. The van der Waals surface area contributed by atoms with Gasteiger partial charge in [-0.1, -0.05) is 23.7 Å². The van der Waals surface area contributed by atoms with E-state index in [4.69, 9.17) is 25.5 Å². The molecule has 33 heavy (non-hydrogen) atoms. The largest absolute Gasteiger partial charge is 0.497 e. The number of likely N-dealkylation sites (tertiary alicyclic amines) is 1. The van der Waals surface area contributed by atoms with Crippen LogP contribution < -0.4 is 14.8 Å². The molecular formula is C26H29ClN2O4. The molecule has 1 atom stereocenters.